The molecule has 0 bridgehead atoms. The molecule has 1 saturated heterocycles. The Hall–Kier alpha value is -2.92. The second-order valence-corrected chi connectivity index (χ2v) is 8.28. The van der Waals surface area contributed by atoms with Crippen molar-refractivity contribution >= 4 is 17.4 Å². The summed E-state index contributed by atoms with van der Waals surface area (Å²) in [6.45, 7) is 11.6. The normalized spacial score (nSPS) is 18.2. The lowest BCUT2D eigenvalue weighted by atomic mass is 9.93. The van der Waals surface area contributed by atoms with Gasteiger partial charge in [0.25, 0.3) is 11.7 Å². The number of amides is 1. The molecule has 0 aromatic heterocycles. The maximum atomic E-state index is 13.1. The third kappa shape index (κ3) is 4.72. The topological polar surface area (TPSA) is 62.0 Å². The fraction of sp³-hybridized carbons (Fsp3) is 0.385. The van der Waals surface area contributed by atoms with Crippen LogP contribution >= 0.6 is 0 Å². The Bertz CT molecular complexity index is 977. The lowest BCUT2D eigenvalue weighted by Crippen LogP contribution is -3.11. The van der Waals surface area contributed by atoms with Crippen LogP contribution in [-0.4, -0.2) is 47.9 Å². The molecule has 0 saturated carbocycles. The number of carbonyl (C=O) groups is 2. The van der Waals surface area contributed by atoms with Gasteiger partial charge in [-0.25, -0.2) is 0 Å². The smallest absolute Gasteiger partial charge is 0.295 e. The highest BCUT2D eigenvalue weighted by Crippen LogP contribution is 2.39. The highest BCUT2D eigenvalue weighted by Gasteiger charge is 2.45. The summed E-state index contributed by atoms with van der Waals surface area (Å²) in [5.74, 6) is -1.23. The third-order valence-electron chi connectivity index (χ3n) is 6.23. The van der Waals surface area contributed by atoms with E-state index in [2.05, 4.69) is 13.8 Å². The first-order valence-electron chi connectivity index (χ1n) is 11.1. The molecule has 0 spiro atoms. The van der Waals surface area contributed by atoms with E-state index in [4.69, 9.17) is 0 Å². The summed E-state index contributed by atoms with van der Waals surface area (Å²) in [4.78, 5) is 29.2. The number of quaternary nitrogens is 1. The molecule has 31 heavy (non-hydrogen) atoms. The van der Waals surface area contributed by atoms with Crippen LogP contribution in [0.1, 0.15) is 48.6 Å². The van der Waals surface area contributed by atoms with Crippen molar-refractivity contribution < 1.29 is 19.6 Å². The van der Waals surface area contributed by atoms with E-state index in [-0.39, 0.29) is 11.3 Å². The third-order valence-corrected chi connectivity index (χ3v) is 6.23. The monoisotopic (exact) mass is 421 g/mol. The van der Waals surface area contributed by atoms with Crippen LogP contribution in [0.15, 0.2) is 54.1 Å². The minimum atomic E-state index is -0.609. The molecular formula is C26H33N2O3+. The van der Waals surface area contributed by atoms with Gasteiger partial charge in [0.2, 0.25) is 0 Å². The number of nitrogens with one attached hydrogen (secondary N) is 1. The van der Waals surface area contributed by atoms with Gasteiger partial charge in [-0.05, 0) is 44.9 Å². The van der Waals surface area contributed by atoms with Gasteiger partial charge in [-0.3, -0.25) is 9.59 Å². The molecule has 0 unspecified atom stereocenters. The van der Waals surface area contributed by atoms with Crippen molar-refractivity contribution in [2.45, 2.75) is 40.2 Å². The largest absolute Gasteiger partial charge is 0.507 e. The van der Waals surface area contributed by atoms with Crippen molar-refractivity contribution in [2.24, 2.45) is 0 Å². The number of hydrogen-bond acceptors (Lipinski definition) is 3. The zero-order valence-electron chi connectivity index (χ0n) is 18.9. The molecule has 2 N–H and O–H groups in total. The number of benzene rings is 2. The second kappa shape index (κ2) is 9.92. The number of nitrogens with zero attached hydrogens (tertiary/aromatic N) is 1. The molecule has 1 aliphatic heterocycles. The van der Waals surface area contributed by atoms with Gasteiger partial charge < -0.3 is 14.9 Å². The maximum absolute atomic E-state index is 13.1. The van der Waals surface area contributed by atoms with E-state index in [0.717, 1.165) is 42.7 Å². The number of likely N-dealkylation sites (tertiary alicyclic amines) is 1. The summed E-state index contributed by atoms with van der Waals surface area (Å²) >= 11 is 0. The van der Waals surface area contributed by atoms with Gasteiger partial charge in [-0.15, -0.1) is 0 Å². The molecular weight excluding hydrogens is 388 g/mol. The quantitative estimate of drug-likeness (QED) is 0.391. The Balaban J connectivity index is 2.04. The van der Waals surface area contributed by atoms with Gasteiger partial charge in [-0.2, -0.15) is 0 Å². The lowest BCUT2D eigenvalue weighted by Gasteiger charge is -2.26. The molecule has 0 radical (unpaired) electrons. The Morgan fingerprint density at radius 1 is 1.03 bits per heavy atom. The fourth-order valence-electron chi connectivity index (χ4n) is 4.33. The predicted molar refractivity (Wildman–Crippen MR) is 123 cm³/mol. The summed E-state index contributed by atoms with van der Waals surface area (Å²) < 4.78 is 0. The lowest BCUT2D eigenvalue weighted by molar-refractivity contribution is -0.896. The Labute approximate surface area is 185 Å². The molecule has 1 atom stereocenters. The van der Waals surface area contributed by atoms with Gasteiger partial charge in [0.05, 0.1) is 31.2 Å². The van der Waals surface area contributed by atoms with Crippen LogP contribution in [0.2, 0.25) is 0 Å². The fourth-order valence-corrected chi connectivity index (χ4v) is 4.33. The zero-order chi connectivity index (χ0) is 22.5. The van der Waals surface area contributed by atoms with Crippen molar-refractivity contribution in [2.75, 3.05) is 26.2 Å². The maximum Gasteiger partial charge on any atom is 0.295 e. The van der Waals surface area contributed by atoms with Crippen molar-refractivity contribution in [3.8, 4) is 0 Å². The zero-order valence-corrected chi connectivity index (χ0v) is 18.9. The van der Waals surface area contributed by atoms with E-state index >= 15 is 0 Å². The van der Waals surface area contributed by atoms with E-state index in [1.165, 1.54) is 4.90 Å². The van der Waals surface area contributed by atoms with Crippen LogP contribution in [0.3, 0.4) is 0 Å². The number of carbonyl (C=O) groups excluding carboxylic acids is 2. The summed E-state index contributed by atoms with van der Waals surface area (Å²) in [6, 6.07) is 14.7. The van der Waals surface area contributed by atoms with Gasteiger partial charge in [-0.1, -0.05) is 48.0 Å². The van der Waals surface area contributed by atoms with Crippen LogP contribution in [-0.2, 0) is 9.59 Å². The number of aliphatic hydroxyl groups excluding tert-OH is 1. The number of hydrogen-bond donors (Lipinski definition) is 2. The van der Waals surface area contributed by atoms with Crippen molar-refractivity contribution in [1.29, 1.82) is 0 Å². The number of aliphatic hydroxyl groups is 1. The molecule has 1 heterocycles. The van der Waals surface area contributed by atoms with E-state index in [1.807, 2.05) is 62.4 Å². The summed E-state index contributed by atoms with van der Waals surface area (Å²) in [5, 5.41) is 11.2. The first-order chi connectivity index (χ1) is 14.9. The van der Waals surface area contributed by atoms with E-state index in [1.54, 1.807) is 4.90 Å². The predicted octanol–water partition coefficient (Wildman–Crippen LogP) is 3.04. The Kier molecular flexibility index (Phi) is 7.29. The molecule has 2 aromatic rings. The molecule has 1 amide bonds. The molecule has 3 rings (SSSR count). The van der Waals surface area contributed by atoms with Crippen LogP contribution in [0, 0.1) is 13.8 Å². The first-order valence-corrected chi connectivity index (χ1v) is 11.1. The average Bonchev–Trinajstić information content (AvgIpc) is 3.03. The van der Waals surface area contributed by atoms with Crippen LogP contribution in [0.4, 0.5) is 0 Å². The highest BCUT2D eigenvalue weighted by atomic mass is 16.3. The molecule has 1 fully saturated rings. The first kappa shape index (κ1) is 22.8. The summed E-state index contributed by atoms with van der Waals surface area (Å²) in [7, 11) is 0. The average molecular weight is 422 g/mol. The molecule has 5 nitrogen and oxygen atoms in total. The molecule has 164 valence electrons. The number of aryl methyl sites for hydroxylation is 2. The Morgan fingerprint density at radius 2 is 1.71 bits per heavy atom. The SMILES string of the molecule is CC[NH+](CC)CCCN1C(=O)C(=O)C(=C(O)c2cc(C)ccc2C)[C@@H]1c1ccccc1. The van der Waals surface area contributed by atoms with Crippen molar-refractivity contribution in [3.63, 3.8) is 0 Å². The van der Waals surface area contributed by atoms with Crippen LogP contribution < -0.4 is 4.90 Å². The minimum Gasteiger partial charge on any atom is -0.507 e. The van der Waals surface area contributed by atoms with Crippen LogP contribution in [0.5, 0.6) is 0 Å². The Morgan fingerprint density at radius 3 is 2.35 bits per heavy atom. The molecule has 0 aliphatic carbocycles. The number of Topliss-reactive ketones (excluding diaryl/α,β-unsaturated/α-hetero) is 1. The van der Waals surface area contributed by atoms with Crippen molar-refractivity contribution in [1.82, 2.24) is 4.90 Å². The molecule has 2 aromatic carbocycles. The second-order valence-electron chi connectivity index (χ2n) is 8.28. The number of ketones is 1. The van der Waals surface area contributed by atoms with Gasteiger partial charge in [0.15, 0.2) is 0 Å². The molecule has 5 heteroatoms. The number of rotatable bonds is 8. The standard InChI is InChI=1S/C26H32N2O3/c1-5-27(6-2)15-10-16-28-23(20-11-8-7-9-12-20)22(25(30)26(28)31)24(29)21-17-18(3)13-14-19(21)4/h7-9,11-14,17,23,29H,5-6,10,15-16H2,1-4H3/p+1/t23-/m0/s1. The van der Waals surface area contributed by atoms with Gasteiger partial charge >= 0.3 is 0 Å². The van der Waals surface area contributed by atoms with E-state index in [0.29, 0.717) is 12.1 Å². The summed E-state index contributed by atoms with van der Waals surface area (Å²) in [5.41, 5.74) is 3.47. The summed E-state index contributed by atoms with van der Waals surface area (Å²) in [6.07, 6.45) is 0.802. The minimum absolute atomic E-state index is 0.0923. The van der Waals surface area contributed by atoms with Gasteiger partial charge in [0.1, 0.15) is 5.76 Å². The van der Waals surface area contributed by atoms with Crippen LogP contribution in [0.25, 0.3) is 5.76 Å². The van der Waals surface area contributed by atoms with Gasteiger partial charge in [0, 0.05) is 18.5 Å². The highest BCUT2D eigenvalue weighted by molar-refractivity contribution is 6.46. The molecule has 1 aliphatic rings. The van der Waals surface area contributed by atoms with E-state index < -0.39 is 17.7 Å². The van der Waals surface area contributed by atoms with E-state index in [9.17, 15) is 14.7 Å². The van der Waals surface area contributed by atoms with Crippen molar-refractivity contribution in [3.05, 3.63) is 76.4 Å².